The third-order valence-electron chi connectivity index (χ3n) is 2.23. The zero-order valence-electron chi connectivity index (χ0n) is 10.1. The van der Waals surface area contributed by atoms with E-state index < -0.39 is 12.0 Å². The second-order valence-corrected chi connectivity index (χ2v) is 4.69. The van der Waals surface area contributed by atoms with Gasteiger partial charge in [0.25, 0.3) is 0 Å². The van der Waals surface area contributed by atoms with E-state index in [2.05, 4.69) is 21.2 Å². The molecule has 0 fully saturated rings. The highest BCUT2D eigenvalue weighted by Gasteiger charge is 2.11. The van der Waals surface area contributed by atoms with E-state index in [4.69, 9.17) is 15.6 Å². The number of carbonyl (C=O) groups excluding carboxylic acids is 2. The van der Waals surface area contributed by atoms with Crippen LogP contribution in [0.25, 0.3) is 0 Å². The van der Waals surface area contributed by atoms with Gasteiger partial charge in [0.05, 0.1) is 19.6 Å². The van der Waals surface area contributed by atoms with E-state index in [-0.39, 0.29) is 25.5 Å². The third-order valence-corrected chi connectivity index (χ3v) is 2.76. The van der Waals surface area contributed by atoms with Gasteiger partial charge in [-0.3, -0.25) is 9.59 Å². The fourth-order valence-corrected chi connectivity index (χ4v) is 1.46. The quantitative estimate of drug-likeness (QED) is 0.663. The number of primary amides is 1. The van der Waals surface area contributed by atoms with Gasteiger partial charge < -0.3 is 20.9 Å². The van der Waals surface area contributed by atoms with Crippen LogP contribution in [-0.2, 0) is 9.59 Å². The van der Waals surface area contributed by atoms with Gasteiger partial charge in [-0.15, -0.1) is 0 Å². The molecular formula is C12H15BrN2O4. The van der Waals surface area contributed by atoms with E-state index in [0.717, 1.165) is 4.47 Å². The molecule has 0 heterocycles. The second kappa shape index (κ2) is 7.75. The first kappa shape index (κ1) is 15.5. The van der Waals surface area contributed by atoms with Crippen LogP contribution in [0, 0.1) is 0 Å². The summed E-state index contributed by atoms with van der Waals surface area (Å²) in [4.78, 5) is 21.9. The minimum absolute atomic E-state index is 0.127. The summed E-state index contributed by atoms with van der Waals surface area (Å²) < 4.78 is 6.29. The lowest BCUT2D eigenvalue weighted by Crippen LogP contribution is -2.40. The Morgan fingerprint density at radius 3 is 2.58 bits per heavy atom. The van der Waals surface area contributed by atoms with Crippen LogP contribution in [0.2, 0.25) is 0 Å². The van der Waals surface area contributed by atoms with Crippen molar-refractivity contribution in [3.8, 4) is 5.75 Å². The molecule has 1 rings (SSSR count). The highest BCUT2D eigenvalue weighted by Crippen LogP contribution is 2.15. The molecular weight excluding hydrogens is 316 g/mol. The largest absolute Gasteiger partial charge is 0.493 e. The summed E-state index contributed by atoms with van der Waals surface area (Å²) in [5, 5.41) is 11.5. The molecule has 19 heavy (non-hydrogen) atoms. The van der Waals surface area contributed by atoms with Crippen LogP contribution in [0.3, 0.4) is 0 Å². The number of hydrogen-bond acceptors (Lipinski definition) is 4. The Balaban J connectivity index is 2.20. The molecule has 0 aliphatic carbocycles. The molecule has 0 aliphatic heterocycles. The number of ether oxygens (including phenoxy) is 1. The van der Waals surface area contributed by atoms with Crippen LogP contribution < -0.4 is 15.8 Å². The Hall–Kier alpha value is -1.60. The summed E-state index contributed by atoms with van der Waals surface area (Å²) in [5.74, 6) is -0.531. The fraction of sp³-hybridized carbons (Fsp3) is 0.333. The fourth-order valence-electron chi connectivity index (χ4n) is 1.19. The monoisotopic (exact) mass is 330 g/mol. The first-order chi connectivity index (χ1) is 8.99. The number of carbonyl (C=O) groups is 2. The molecule has 1 unspecified atom stereocenters. The van der Waals surface area contributed by atoms with Crippen LogP contribution >= 0.6 is 15.9 Å². The second-order valence-electron chi connectivity index (χ2n) is 3.77. The molecule has 1 atom stereocenters. The van der Waals surface area contributed by atoms with Crippen molar-refractivity contribution in [1.29, 1.82) is 0 Å². The Morgan fingerprint density at radius 1 is 1.37 bits per heavy atom. The number of amides is 2. The average molecular weight is 331 g/mol. The first-order valence-corrected chi connectivity index (χ1v) is 6.41. The van der Waals surface area contributed by atoms with E-state index in [1.807, 2.05) is 12.1 Å². The van der Waals surface area contributed by atoms with Gasteiger partial charge in [0.15, 0.2) is 0 Å². The molecule has 0 radical (unpaired) electrons. The van der Waals surface area contributed by atoms with Crippen LogP contribution in [0.5, 0.6) is 5.75 Å². The van der Waals surface area contributed by atoms with Gasteiger partial charge in [0.1, 0.15) is 11.9 Å². The van der Waals surface area contributed by atoms with Gasteiger partial charge in [-0.1, -0.05) is 15.9 Å². The number of aliphatic hydroxyl groups excluding tert-OH is 1. The van der Waals surface area contributed by atoms with Crippen LogP contribution in [0.15, 0.2) is 28.7 Å². The number of nitrogens with one attached hydrogen (secondary N) is 1. The van der Waals surface area contributed by atoms with Crippen LogP contribution in [0.4, 0.5) is 0 Å². The number of rotatable bonds is 7. The molecule has 104 valence electrons. The van der Waals surface area contributed by atoms with Crippen molar-refractivity contribution in [2.45, 2.75) is 12.5 Å². The van der Waals surface area contributed by atoms with Gasteiger partial charge in [-0.25, -0.2) is 0 Å². The van der Waals surface area contributed by atoms with Crippen molar-refractivity contribution in [3.63, 3.8) is 0 Å². The van der Waals surface area contributed by atoms with Crippen molar-refractivity contribution in [2.24, 2.45) is 5.73 Å². The maximum Gasteiger partial charge on any atom is 0.248 e. The Kier molecular flexibility index (Phi) is 6.31. The summed E-state index contributed by atoms with van der Waals surface area (Å²) in [6.07, 6.45) is -1.24. The molecule has 0 spiro atoms. The summed E-state index contributed by atoms with van der Waals surface area (Å²) in [6, 6.07) is 7.22. The molecule has 1 aromatic carbocycles. The topological polar surface area (TPSA) is 102 Å². The molecule has 6 nitrogen and oxygen atoms in total. The van der Waals surface area contributed by atoms with Gasteiger partial charge >= 0.3 is 0 Å². The predicted molar refractivity (Wildman–Crippen MR) is 72.5 cm³/mol. The summed E-state index contributed by atoms with van der Waals surface area (Å²) in [5.41, 5.74) is 4.84. The Morgan fingerprint density at radius 2 is 2.00 bits per heavy atom. The Bertz CT molecular complexity index is 436. The number of aliphatic hydroxyl groups is 1. The maximum atomic E-state index is 11.4. The molecule has 0 saturated heterocycles. The Labute approximate surface area is 119 Å². The minimum Gasteiger partial charge on any atom is -0.493 e. The van der Waals surface area contributed by atoms with Crippen molar-refractivity contribution in [2.75, 3.05) is 13.2 Å². The van der Waals surface area contributed by atoms with Crippen LogP contribution in [0.1, 0.15) is 6.42 Å². The lowest BCUT2D eigenvalue weighted by Gasteiger charge is -2.09. The summed E-state index contributed by atoms with van der Waals surface area (Å²) >= 11 is 3.30. The number of nitrogens with two attached hydrogens (primary N) is 1. The highest BCUT2D eigenvalue weighted by atomic mass is 79.9. The van der Waals surface area contributed by atoms with Gasteiger partial charge in [-0.05, 0) is 24.3 Å². The van der Waals surface area contributed by atoms with Crippen molar-refractivity contribution >= 4 is 27.7 Å². The molecule has 2 amide bonds. The molecule has 1 aromatic rings. The SMILES string of the molecule is NC(=O)C(O)CNC(=O)CCOc1ccc(Br)cc1. The van der Waals surface area contributed by atoms with Crippen molar-refractivity contribution < 1.29 is 19.4 Å². The number of halogens is 1. The smallest absolute Gasteiger partial charge is 0.248 e. The van der Waals surface area contributed by atoms with E-state index in [0.29, 0.717) is 5.75 Å². The van der Waals surface area contributed by atoms with E-state index in [1.54, 1.807) is 12.1 Å². The van der Waals surface area contributed by atoms with Gasteiger partial charge in [-0.2, -0.15) is 0 Å². The van der Waals surface area contributed by atoms with Crippen molar-refractivity contribution in [3.05, 3.63) is 28.7 Å². The molecule has 4 N–H and O–H groups in total. The molecule has 0 aliphatic rings. The van der Waals surface area contributed by atoms with Gasteiger partial charge in [0.2, 0.25) is 11.8 Å². The third kappa shape index (κ3) is 6.21. The van der Waals surface area contributed by atoms with Gasteiger partial charge in [0, 0.05) is 4.47 Å². The summed E-state index contributed by atoms with van der Waals surface area (Å²) in [7, 11) is 0. The van der Waals surface area contributed by atoms with E-state index in [1.165, 1.54) is 0 Å². The first-order valence-electron chi connectivity index (χ1n) is 5.61. The number of benzene rings is 1. The van der Waals surface area contributed by atoms with E-state index >= 15 is 0 Å². The summed E-state index contributed by atoms with van der Waals surface area (Å²) in [6.45, 7) is 0.0204. The standard InChI is InChI=1S/C12H15BrN2O4/c13-8-1-3-9(4-2-8)19-6-5-11(17)15-7-10(16)12(14)18/h1-4,10,16H,5-7H2,(H2,14,18)(H,15,17). The lowest BCUT2D eigenvalue weighted by molar-refractivity contribution is -0.127. The molecule has 0 saturated carbocycles. The minimum atomic E-state index is -1.36. The normalized spacial score (nSPS) is 11.7. The average Bonchev–Trinajstić information content (AvgIpc) is 2.38. The molecule has 0 aromatic heterocycles. The molecule has 7 heteroatoms. The molecule has 0 bridgehead atoms. The van der Waals surface area contributed by atoms with Crippen molar-refractivity contribution in [1.82, 2.24) is 5.32 Å². The number of hydrogen-bond donors (Lipinski definition) is 3. The zero-order chi connectivity index (χ0) is 14.3. The van der Waals surface area contributed by atoms with Crippen LogP contribution in [-0.4, -0.2) is 36.2 Å². The van der Waals surface area contributed by atoms with E-state index in [9.17, 15) is 9.59 Å². The highest BCUT2D eigenvalue weighted by molar-refractivity contribution is 9.10. The maximum absolute atomic E-state index is 11.4. The zero-order valence-corrected chi connectivity index (χ0v) is 11.7. The lowest BCUT2D eigenvalue weighted by atomic mass is 10.3. The predicted octanol–water partition coefficient (Wildman–Crippen LogP) is 0.180.